The molecule has 1 spiro atoms. The summed E-state index contributed by atoms with van der Waals surface area (Å²) in [6, 6.07) is 14.0. The summed E-state index contributed by atoms with van der Waals surface area (Å²) in [6.45, 7) is 10.7. The van der Waals surface area contributed by atoms with Crippen LogP contribution in [0.4, 0.5) is 14.5 Å². The van der Waals surface area contributed by atoms with Crippen LogP contribution in [0.2, 0.25) is 35.7 Å². The van der Waals surface area contributed by atoms with E-state index in [4.69, 9.17) is 44.3 Å². The first kappa shape index (κ1) is 36.6. The van der Waals surface area contributed by atoms with Gasteiger partial charge in [0.05, 0.1) is 23.4 Å². The Morgan fingerprint density at radius 2 is 1.75 bits per heavy atom. The lowest BCUT2D eigenvalue weighted by Crippen LogP contribution is -2.60. The van der Waals surface area contributed by atoms with Crippen LogP contribution in [0.25, 0.3) is 0 Å². The molecule has 1 fully saturated rings. The zero-order valence-electron chi connectivity index (χ0n) is 27.8. The molecule has 0 bridgehead atoms. The zero-order chi connectivity index (χ0) is 35.0. The van der Waals surface area contributed by atoms with Crippen LogP contribution in [0.5, 0.6) is 5.75 Å². The summed E-state index contributed by atoms with van der Waals surface area (Å²) in [4.78, 5) is 32.8. The average molecular weight is 738 g/mol. The zero-order valence-corrected chi connectivity index (χ0v) is 31.1. The Labute approximate surface area is 297 Å². The van der Waals surface area contributed by atoms with E-state index in [1.807, 2.05) is 0 Å². The van der Waals surface area contributed by atoms with Gasteiger partial charge in [-0.05, 0) is 73.8 Å². The molecule has 258 valence electrons. The summed E-state index contributed by atoms with van der Waals surface area (Å²) in [5.74, 6) is -3.68. The molecule has 3 atom stereocenters. The highest BCUT2D eigenvalue weighted by Gasteiger charge is 2.66. The Bertz CT molecular complexity index is 1690. The Hall–Kier alpha value is -2.69. The SMILES string of the molecule is CC(C)Oc1ccc(F)c(F)c1[C@H]1N(CCCCl)C(=O)C[C@@H](c2cccc(Cl)c2)[C@]12C(=O)N(COCC[Si](C)(C)C)c1cc(Cl)ccc12. The lowest BCUT2D eigenvalue weighted by Gasteiger charge is -2.52. The van der Waals surface area contributed by atoms with Crippen LogP contribution >= 0.6 is 34.8 Å². The lowest BCUT2D eigenvalue weighted by molar-refractivity contribution is -0.146. The number of rotatable bonds is 12. The minimum absolute atomic E-state index is 0.0387. The second-order valence-corrected chi connectivity index (χ2v) is 20.8. The molecule has 12 heteroatoms. The Kier molecular flexibility index (Phi) is 11.2. The number of hydrogen-bond acceptors (Lipinski definition) is 4. The Balaban J connectivity index is 1.84. The molecule has 0 saturated carbocycles. The maximum absolute atomic E-state index is 16.6. The van der Waals surface area contributed by atoms with Crippen molar-refractivity contribution in [3.63, 3.8) is 0 Å². The normalized spacial score (nSPS) is 21.1. The Morgan fingerprint density at radius 1 is 1.02 bits per heavy atom. The smallest absolute Gasteiger partial charge is 0.242 e. The quantitative estimate of drug-likeness (QED) is 0.106. The lowest BCUT2D eigenvalue weighted by atomic mass is 9.58. The van der Waals surface area contributed by atoms with Gasteiger partial charge in [0.15, 0.2) is 11.6 Å². The third-order valence-electron chi connectivity index (χ3n) is 9.02. The number of carbonyl (C=O) groups is 2. The molecular formula is C36H41Cl3F2N2O4Si. The molecule has 6 nitrogen and oxygen atoms in total. The van der Waals surface area contributed by atoms with Crippen LogP contribution in [-0.4, -0.2) is 56.7 Å². The van der Waals surface area contributed by atoms with Gasteiger partial charge in [-0.15, -0.1) is 11.6 Å². The number of fused-ring (bicyclic) bond motifs is 2. The van der Waals surface area contributed by atoms with E-state index in [9.17, 15) is 4.79 Å². The number of nitrogens with zero attached hydrogens (tertiary/aromatic N) is 2. The van der Waals surface area contributed by atoms with Crippen molar-refractivity contribution in [3.8, 4) is 5.75 Å². The fourth-order valence-corrected chi connectivity index (χ4v) is 8.20. The molecule has 5 rings (SSSR count). The molecule has 2 aliphatic heterocycles. The van der Waals surface area contributed by atoms with E-state index in [1.165, 1.54) is 15.9 Å². The molecule has 0 unspecified atom stereocenters. The second kappa shape index (κ2) is 14.7. The van der Waals surface area contributed by atoms with Gasteiger partial charge < -0.3 is 14.4 Å². The number of ether oxygens (including phenoxy) is 2. The van der Waals surface area contributed by atoms with Crippen LogP contribution in [0, 0.1) is 11.6 Å². The molecule has 0 aromatic heterocycles. The van der Waals surface area contributed by atoms with Gasteiger partial charge in [0.1, 0.15) is 17.9 Å². The van der Waals surface area contributed by atoms with Crippen molar-refractivity contribution < 1.29 is 27.8 Å². The number of amides is 2. The van der Waals surface area contributed by atoms with E-state index < -0.39 is 49.1 Å². The van der Waals surface area contributed by atoms with Crippen LogP contribution in [0.1, 0.15) is 55.3 Å². The maximum atomic E-state index is 16.6. The van der Waals surface area contributed by atoms with E-state index in [0.717, 1.165) is 12.1 Å². The fraction of sp³-hybridized carbons (Fsp3) is 0.444. The molecule has 0 radical (unpaired) electrons. The summed E-state index contributed by atoms with van der Waals surface area (Å²) in [5, 5.41) is 0.790. The van der Waals surface area contributed by atoms with Gasteiger partial charge >= 0.3 is 0 Å². The fourth-order valence-electron chi connectivity index (χ4n) is 6.95. The van der Waals surface area contributed by atoms with Gasteiger partial charge in [-0.1, -0.05) is 61.0 Å². The molecule has 2 amide bonds. The first-order valence-corrected chi connectivity index (χ1v) is 21.2. The van der Waals surface area contributed by atoms with Crippen molar-refractivity contribution >= 4 is 60.4 Å². The number of carbonyl (C=O) groups excluding carboxylic acids is 2. The molecule has 0 aliphatic carbocycles. The standard InChI is InChI=1S/C36H41Cl3F2N2O4Si/c1-22(2)47-30-13-12-28(40)33(41)32(30)34-36(27(23-8-6-9-24(38)18-23)20-31(44)42(34)15-7-14-37)26-11-10-25(39)19-29(26)43(35(36)45)21-46-16-17-48(3,4)5/h6,8-13,18-19,22,27,34H,7,14-17,20-21H2,1-5H3/t27-,34+,36-/m0/s1. The topological polar surface area (TPSA) is 59.1 Å². The van der Waals surface area contributed by atoms with E-state index in [2.05, 4.69) is 19.6 Å². The first-order chi connectivity index (χ1) is 22.7. The van der Waals surface area contributed by atoms with E-state index in [1.54, 1.807) is 56.3 Å². The van der Waals surface area contributed by atoms with Gasteiger partial charge in [-0.25, -0.2) is 8.78 Å². The highest BCUT2D eigenvalue weighted by molar-refractivity contribution is 6.76. The maximum Gasteiger partial charge on any atom is 0.242 e. The summed E-state index contributed by atoms with van der Waals surface area (Å²) in [7, 11) is -1.46. The van der Waals surface area contributed by atoms with Crippen molar-refractivity contribution in [1.29, 1.82) is 0 Å². The van der Waals surface area contributed by atoms with Gasteiger partial charge in [-0.3, -0.25) is 14.5 Å². The van der Waals surface area contributed by atoms with Gasteiger partial charge in [0.2, 0.25) is 11.8 Å². The predicted octanol–water partition coefficient (Wildman–Crippen LogP) is 9.34. The van der Waals surface area contributed by atoms with Crippen molar-refractivity contribution in [1.82, 2.24) is 4.90 Å². The number of halogens is 5. The van der Waals surface area contributed by atoms with Crippen molar-refractivity contribution in [3.05, 3.63) is 93.0 Å². The number of piperidine rings is 1. The summed E-state index contributed by atoms with van der Waals surface area (Å²) < 4.78 is 44.2. The highest BCUT2D eigenvalue weighted by Crippen LogP contribution is 2.63. The summed E-state index contributed by atoms with van der Waals surface area (Å²) in [6.07, 6.45) is -0.177. The average Bonchev–Trinajstić information content (AvgIpc) is 3.24. The highest BCUT2D eigenvalue weighted by atomic mass is 35.5. The third-order valence-corrected chi connectivity index (χ3v) is 11.5. The van der Waals surface area contributed by atoms with Crippen molar-refractivity contribution in [2.24, 2.45) is 0 Å². The van der Waals surface area contributed by atoms with Crippen molar-refractivity contribution in [2.45, 2.75) is 75.9 Å². The molecule has 3 aromatic rings. The second-order valence-electron chi connectivity index (χ2n) is 13.9. The molecule has 0 N–H and O–H groups in total. The molecular weight excluding hydrogens is 697 g/mol. The van der Waals surface area contributed by atoms with E-state index in [-0.39, 0.29) is 42.8 Å². The molecule has 48 heavy (non-hydrogen) atoms. The summed E-state index contributed by atoms with van der Waals surface area (Å²) in [5.41, 5.74) is -0.280. The molecule has 2 aliphatic rings. The van der Waals surface area contributed by atoms with Crippen LogP contribution < -0.4 is 9.64 Å². The number of benzene rings is 3. The summed E-state index contributed by atoms with van der Waals surface area (Å²) >= 11 is 19.2. The largest absolute Gasteiger partial charge is 0.491 e. The number of hydrogen-bond donors (Lipinski definition) is 0. The minimum atomic E-state index is -1.67. The van der Waals surface area contributed by atoms with E-state index in [0.29, 0.717) is 39.9 Å². The van der Waals surface area contributed by atoms with Gasteiger partial charge in [0, 0.05) is 49.5 Å². The van der Waals surface area contributed by atoms with Crippen LogP contribution in [-0.2, 0) is 19.7 Å². The van der Waals surface area contributed by atoms with Crippen molar-refractivity contribution in [2.75, 3.05) is 30.7 Å². The van der Waals surface area contributed by atoms with Gasteiger partial charge in [0.25, 0.3) is 0 Å². The molecule has 2 heterocycles. The Morgan fingerprint density at radius 3 is 2.42 bits per heavy atom. The van der Waals surface area contributed by atoms with Crippen LogP contribution in [0.3, 0.4) is 0 Å². The number of anilines is 1. The first-order valence-electron chi connectivity index (χ1n) is 16.2. The van der Waals surface area contributed by atoms with Crippen LogP contribution in [0.15, 0.2) is 54.6 Å². The van der Waals surface area contributed by atoms with E-state index >= 15 is 13.6 Å². The third kappa shape index (κ3) is 6.99. The number of alkyl halides is 1. The molecule has 3 aromatic carbocycles. The monoisotopic (exact) mass is 736 g/mol. The number of likely N-dealkylation sites (tertiary alicyclic amines) is 1. The predicted molar refractivity (Wildman–Crippen MR) is 190 cm³/mol. The molecule has 1 saturated heterocycles. The minimum Gasteiger partial charge on any atom is -0.491 e. The van der Waals surface area contributed by atoms with Gasteiger partial charge in [-0.2, -0.15) is 0 Å².